The van der Waals surface area contributed by atoms with E-state index >= 15 is 0 Å². The molecule has 0 bridgehead atoms. The van der Waals surface area contributed by atoms with Gasteiger partial charge in [-0.15, -0.1) is 0 Å². The van der Waals surface area contributed by atoms with Crippen LogP contribution >= 0.6 is 0 Å². The van der Waals surface area contributed by atoms with Crippen molar-refractivity contribution in [3.63, 3.8) is 0 Å². The predicted molar refractivity (Wildman–Crippen MR) is 126 cm³/mol. The zero-order valence-electron chi connectivity index (χ0n) is 19.9. The number of carbonyl (C=O) groups excluding carboxylic acids is 2. The third-order valence-electron chi connectivity index (χ3n) is 6.89. The summed E-state index contributed by atoms with van der Waals surface area (Å²) in [7, 11) is 0. The van der Waals surface area contributed by atoms with Crippen molar-refractivity contribution in [2.24, 2.45) is 0 Å². The molecular formula is C25H32FN5O3. The lowest BCUT2D eigenvalue weighted by molar-refractivity contribution is 0.0637. The van der Waals surface area contributed by atoms with E-state index < -0.39 is 5.82 Å². The summed E-state index contributed by atoms with van der Waals surface area (Å²) >= 11 is 0. The molecular weight excluding hydrogens is 437 g/mol. The molecule has 1 fully saturated rings. The van der Waals surface area contributed by atoms with Crippen LogP contribution in [-0.4, -0.2) is 76.1 Å². The fourth-order valence-corrected chi connectivity index (χ4v) is 4.88. The first-order chi connectivity index (χ1) is 16.4. The number of urea groups is 1. The van der Waals surface area contributed by atoms with E-state index in [9.17, 15) is 18.8 Å². The van der Waals surface area contributed by atoms with Gasteiger partial charge in [0.15, 0.2) is 0 Å². The minimum atomic E-state index is -0.563. The minimum Gasteiger partial charge on any atom is -0.335 e. The van der Waals surface area contributed by atoms with Gasteiger partial charge in [-0.1, -0.05) is 6.07 Å². The Morgan fingerprint density at radius 3 is 2.35 bits per heavy atom. The number of amides is 3. The predicted octanol–water partition coefficient (Wildman–Crippen LogP) is 2.60. The molecule has 0 saturated carbocycles. The Balaban J connectivity index is 1.47. The monoisotopic (exact) mass is 469 g/mol. The number of hydrogen-bond donors (Lipinski definition) is 1. The zero-order valence-corrected chi connectivity index (χ0v) is 19.9. The largest absolute Gasteiger partial charge is 0.335 e. The average molecular weight is 470 g/mol. The molecule has 1 aliphatic carbocycles. The molecule has 34 heavy (non-hydrogen) atoms. The van der Waals surface area contributed by atoms with Crippen LogP contribution in [0.15, 0.2) is 23.0 Å². The molecule has 1 aromatic carbocycles. The highest BCUT2D eigenvalue weighted by Gasteiger charge is 2.28. The normalized spacial score (nSPS) is 15.7. The SMILES string of the molecule is CCN(CC)C(=O)N1CCN(C(=O)c2cc(Cc3n[nH]c(=O)c4c3CCCC4)ccc2F)CC1. The molecule has 1 aliphatic heterocycles. The van der Waals surface area contributed by atoms with Gasteiger partial charge >= 0.3 is 6.03 Å². The fraction of sp³-hybridized carbons (Fsp3) is 0.520. The van der Waals surface area contributed by atoms with Crippen molar-refractivity contribution in [2.45, 2.75) is 46.0 Å². The van der Waals surface area contributed by atoms with Crippen molar-refractivity contribution in [2.75, 3.05) is 39.3 Å². The van der Waals surface area contributed by atoms with E-state index in [1.54, 1.807) is 26.8 Å². The molecule has 0 atom stereocenters. The van der Waals surface area contributed by atoms with Gasteiger partial charge in [-0.25, -0.2) is 14.3 Å². The second-order valence-corrected chi connectivity index (χ2v) is 8.89. The summed E-state index contributed by atoms with van der Waals surface area (Å²) in [5.74, 6) is -0.933. The van der Waals surface area contributed by atoms with Gasteiger partial charge in [-0.3, -0.25) is 9.59 Å². The minimum absolute atomic E-state index is 0.0259. The summed E-state index contributed by atoms with van der Waals surface area (Å²) < 4.78 is 14.7. The number of halogens is 1. The molecule has 0 radical (unpaired) electrons. The molecule has 2 aliphatic rings. The Hall–Kier alpha value is -3.23. The number of fused-ring (bicyclic) bond motifs is 1. The summed E-state index contributed by atoms with van der Waals surface area (Å²) in [4.78, 5) is 42.9. The van der Waals surface area contributed by atoms with E-state index in [-0.39, 0.29) is 23.1 Å². The number of piperazine rings is 1. The number of nitrogens with one attached hydrogen (secondary N) is 1. The summed E-state index contributed by atoms with van der Waals surface area (Å²) in [6.45, 7) is 6.74. The maximum Gasteiger partial charge on any atom is 0.320 e. The number of nitrogens with zero attached hydrogens (tertiary/aromatic N) is 4. The highest BCUT2D eigenvalue weighted by atomic mass is 19.1. The molecule has 9 heteroatoms. The van der Waals surface area contributed by atoms with Gasteiger partial charge in [0.1, 0.15) is 5.82 Å². The summed E-state index contributed by atoms with van der Waals surface area (Å²) in [5, 5.41) is 6.85. The van der Waals surface area contributed by atoms with Gasteiger partial charge < -0.3 is 14.7 Å². The summed E-state index contributed by atoms with van der Waals surface area (Å²) in [5.41, 5.74) is 3.23. The molecule has 2 heterocycles. The first-order valence-electron chi connectivity index (χ1n) is 12.1. The molecule has 182 valence electrons. The number of H-pyrrole nitrogens is 1. The number of benzene rings is 1. The lowest BCUT2D eigenvalue weighted by Crippen LogP contribution is -2.54. The van der Waals surface area contributed by atoms with Crippen LogP contribution in [0.5, 0.6) is 0 Å². The maximum atomic E-state index is 14.7. The van der Waals surface area contributed by atoms with E-state index in [2.05, 4.69) is 10.2 Å². The van der Waals surface area contributed by atoms with Gasteiger partial charge in [0.05, 0.1) is 11.3 Å². The van der Waals surface area contributed by atoms with Crippen LogP contribution in [0.1, 0.15) is 59.4 Å². The third-order valence-corrected chi connectivity index (χ3v) is 6.89. The van der Waals surface area contributed by atoms with Crippen LogP contribution in [0.2, 0.25) is 0 Å². The molecule has 3 amide bonds. The van der Waals surface area contributed by atoms with Crippen molar-refractivity contribution < 1.29 is 14.0 Å². The summed E-state index contributed by atoms with van der Waals surface area (Å²) in [6.07, 6.45) is 3.98. The number of aromatic nitrogens is 2. The van der Waals surface area contributed by atoms with Crippen molar-refractivity contribution >= 4 is 11.9 Å². The molecule has 8 nitrogen and oxygen atoms in total. The smallest absolute Gasteiger partial charge is 0.320 e. The van der Waals surface area contributed by atoms with Crippen molar-refractivity contribution in [3.05, 3.63) is 62.3 Å². The van der Waals surface area contributed by atoms with E-state index in [0.29, 0.717) is 45.7 Å². The molecule has 0 unspecified atom stereocenters. The Morgan fingerprint density at radius 2 is 1.68 bits per heavy atom. The first-order valence-corrected chi connectivity index (χ1v) is 12.1. The standard InChI is InChI=1S/C25H32FN5O3/c1-3-29(4-2)25(34)31-13-11-30(12-14-31)24(33)20-15-17(9-10-21(20)26)16-22-18-7-5-6-8-19(18)23(32)28-27-22/h9-10,15H,3-8,11-14,16H2,1-2H3,(H,28,32). The van der Waals surface area contributed by atoms with Gasteiger partial charge in [-0.2, -0.15) is 5.10 Å². The first kappa shape index (κ1) is 23.9. The van der Waals surface area contributed by atoms with Crippen LogP contribution in [0.3, 0.4) is 0 Å². The molecule has 2 aromatic rings. The van der Waals surface area contributed by atoms with E-state index in [4.69, 9.17) is 0 Å². The highest BCUT2D eigenvalue weighted by Crippen LogP contribution is 2.23. The van der Waals surface area contributed by atoms with E-state index in [0.717, 1.165) is 48.1 Å². The molecule has 1 aromatic heterocycles. The van der Waals surface area contributed by atoms with Crippen LogP contribution < -0.4 is 5.56 Å². The topological polar surface area (TPSA) is 89.6 Å². The highest BCUT2D eigenvalue weighted by molar-refractivity contribution is 5.95. The third kappa shape index (κ3) is 4.83. The molecule has 4 rings (SSSR count). The Kier molecular flexibility index (Phi) is 7.29. The van der Waals surface area contributed by atoms with E-state index in [1.165, 1.54) is 6.07 Å². The number of carbonyl (C=O) groups is 2. The molecule has 0 spiro atoms. The second kappa shape index (κ2) is 10.4. The number of hydrogen-bond acceptors (Lipinski definition) is 4. The van der Waals surface area contributed by atoms with Crippen LogP contribution in [-0.2, 0) is 19.3 Å². The number of aromatic amines is 1. The van der Waals surface area contributed by atoms with Gasteiger partial charge in [0.25, 0.3) is 11.5 Å². The van der Waals surface area contributed by atoms with Crippen molar-refractivity contribution in [1.29, 1.82) is 0 Å². The van der Waals surface area contributed by atoms with Crippen LogP contribution in [0.25, 0.3) is 0 Å². The van der Waals surface area contributed by atoms with E-state index in [1.807, 2.05) is 13.8 Å². The van der Waals surface area contributed by atoms with Gasteiger partial charge in [-0.05, 0) is 62.8 Å². The lowest BCUT2D eigenvalue weighted by atomic mass is 9.90. The van der Waals surface area contributed by atoms with Crippen molar-refractivity contribution in [1.82, 2.24) is 24.9 Å². The second-order valence-electron chi connectivity index (χ2n) is 8.89. The Morgan fingerprint density at radius 1 is 1.03 bits per heavy atom. The molecule has 1 saturated heterocycles. The van der Waals surface area contributed by atoms with Crippen molar-refractivity contribution in [3.8, 4) is 0 Å². The maximum absolute atomic E-state index is 14.7. The molecule has 1 N–H and O–H groups in total. The Bertz CT molecular complexity index is 1120. The van der Waals surface area contributed by atoms with Crippen LogP contribution in [0, 0.1) is 5.82 Å². The zero-order chi connectivity index (χ0) is 24.2. The quantitative estimate of drug-likeness (QED) is 0.729. The van der Waals surface area contributed by atoms with Gasteiger partial charge in [0, 0.05) is 51.3 Å². The Labute approximate surface area is 198 Å². The van der Waals surface area contributed by atoms with Crippen LogP contribution in [0.4, 0.5) is 9.18 Å². The lowest BCUT2D eigenvalue weighted by Gasteiger charge is -2.37. The fourth-order valence-electron chi connectivity index (χ4n) is 4.88. The number of rotatable bonds is 5. The average Bonchev–Trinajstić information content (AvgIpc) is 2.87. The summed E-state index contributed by atoms with van der Waals surface area (Å²) in [6, 6.07) is 4.55. The van der Waals surface area contributed by atoms with Gasteiger partial charge in [0.2, 0.25) is 0 Å².